The topological polar surface area (TPSA) is 75.6 Å². The Morgan fingerprint density at radius 1 is 1.50 bits per heavy atom. The minimum atomic E-state index is -1.01. The lowest BCUT2D eigenvalue weighted by Crippen LogP contribution is -2.42. The number of carboxylic acid groups (broad SMARTS) is 1. The second-order valence-electron chi connectivity index (χ2n) is 5.08. The molecule has 1 aliphatic carbocycles. The van der Waals surface area contributed by atoms with Gasteiger partial charge in [0.05, 0.1) is 17.6 Å². The Morgan fingerprint density at radius 2 is 2.20 bits per heavy atom. The number of aromatic carboxylic acids is 1. The Morgan fingerprint density at radius 3 is 2.65 bits per heavy atom. The zero-order valence-corrected chi connectivity index (χ0v) is 12.5. The standard InChI is InChI=1S/C14H19NO4S/c1-3-9-7-10(13(17)18)12(20-9)15-11(16)8-14(19-2)5-4-6-14/h7H,3-6,8H2,1-2H3,(H,15,16)(H,17,18). The number of hydrogen-bond donors (Lipinski definition) is 2. The van der Waals surface area contributed by atoms with Gasteiger partial charge in [-0.05, 0) is 31.7 Å². The molecule has 6 heteroatoms. The fraction of sp³-hybridized carbons (Fsp3) is 0.571. The number of nitrogens with one attached hydrogen (secondary N) is 1. The van der Waals surface area contributed by atoms with E-state index < -0.39 is 5.97 Å². The van der Waals surface area contributed by atoms with Gasteiger partial charge in [0.2, 0.25) is 5.91 Å². The van der Waals surface area contributed by atoms with Crippen LogP contribution in [-0.4, -0.2) is 29.7 Å². The maximum atomic E-state index is 12.1. The second-order valence-corrected chi connectivity index (χ2v) is 6.22. The van der Waals surface area contributed by atoms with Gasteiger partial charge in [0.25, 0.3) is 0 Å². The van der Waals surface area contributed by atoms with E-state index in [0.29, 0.717) is 5.00 Å². The van der Waals surface area contributed by atoms with Crippen LogP contribution in [0.4, 0.5) is 5.00 Å². The van der Waals surface area contributed by atoms with E-state index in [4.69, 9.17) is 9.84 Å². The zero-order valence-electron chi connectivity index (χ0n) is 11.7. The summed E-state index contributed by atoms with van der Waals surface area (Å²) in [5.41, 5.74) is -0.182. The van der Waals surface area contributed by atoms with Crippen LogP contribution < -0.4 is 5.32 Å². The molecule has 5 nitrogen and oxygen atoms in total. The highest BCUT2D eigenvalue weighted by Crippen LogP contribution is 2.38. The van der Waals surface area contributed by atoms with Crippen LogP contribution in [0, 0.1) is 0 Å². The van der Waals surface area contributed by atoms with Crippen LogP contribution >= 0.6 is 11.3 Å². The summed E-state index contributed by atoms with van der Waals surface area (Å²) in [5, 5.41) is 12.3. The number of carboxylic acids is 1. The van der Waals surface area contributed by atoms with Gasteiger partial charge in [-0.3, -0.25) is 4.79 Å². The molecule has 20 heavy (non-hydrogen) atoms. The third kappa shape index (κ3) is 3.02. The van der Waals surface area contributed by atoms with Crippen molar-refractivity contribution in [2.75, 3.05) is 12.4 Å². The zero-order chi connectivity index (χ0) is 14.8. The molecular formula is C14H19NO4S. The predicted molar refractivity (Wildman–Crippen MR) is 77.5 cm³/mol. The summed E-state index contributed by atoms with van der Waals surface area (Å²) < 4.78 is 5.41. The molecule has 1 amide bonds. The van der Waals surface area contributed by atoms with Crippen LogP contribution in [0.3, 0.4) is 0 Å². The van der Waals surface area contributed by atoms with Crippen molar-refractivity contribution in [2.24, 2.45) is 0 Å². The average molecular weight is 297 g/mol. The van der Waals surface area contributed by atoms with Gasteiger partial charge in [0, 0.05) is 12.0 Å². The molecule has 1 heterocycles. The molecule has 1 aromatic heterocycles. The largest absolute Gasteiger partial charge is 0.478 e. The van der Waals surface area contributed by atoms with Crippen LogP contribution in [0.5, 0.6) is 0 Å². The molecule has 0 spiro atoms. The minimum Gasteiger partial charge on any atom is -0.478 e. The molecule has 1 saturated carbocycles. The predicted octanol–water partition coefficient (Wildman–Crippen LogP) is 2.91. The molecule has 0 aliphatic heterocycles. The number of rotatable bonds is 6. The van der Waals surface area contributed by atoms with Crippen molar-refractivity contribution in [1.29, 1.82) is 0 Å². The van der Waals surface area contributed by atoms with Crippen molar-refractivity contribution in [3.05, 3.63) is 16.5 Å². The number of carbonyl (C=O) groups is 2. The van der Waals surface area contributed by atoms with Gasteiger partial charge in [0.15, 0.2) is 0 Å². The molecule has 1 fully saturated rings. The van der Waals surface area contributed by atoms with Gasteiger partial charge in [-0.25, -0.2) is 4.79 Å². The van der Waals surface area contributed by atoms with Gasteiger partial charge >= 0.3 is 5.97 Å². The van der Waals surface area contributed by atoms with Crippen LogP contribution in [0.1, 0.15) is 47.8 Å². The lowest BCUT2D eigenvalue weighted by molar-refractivity contribution is -0.129. The molecule has 0 saturated heterocycles. The fourth-order valence-corrected chi connectivity index (χ4v) is 3.36. The monoisotopic (exact) mass is 297 g/mol. The number of anilines is 1. The highest BCUT2D eigenvalue weighted by molar-refractivity contribution is 7.16. The molecule has 0 aromatic carbocycles. The Bertz CT molecular complexity index is 514. The van der Waals surface area contributed by atoms with Crippen LogP contribution in [0.2, 0.25) is 0 Å². The third-order valence-electron chi connectivity index (χ3n) is 3.80. The fourth-order valence-electron chi connectivity index (χ4n) is 2.36. The highest BCUT2D eigenvalue weighted by atomic mass is 32.1. The number of amides is 1. The van der Waals surface area contributed by atoms with E-state index in [9.17, 15) is 9.59 Å². The van der Waals surface area contributed by atoms with Crippen molar-refractivity contribution in [3.8, 4) is 0 Å². The number of aryl methyl sites for hydroxylation is 1. The van der Waals surface area contributed by atoms with Crippen molar-refractivity contribution in [3.63, 3.8) is 0 Å². The quantitative estimate of drug-likeness (QED) is 0.846. The van der Waals surface area contributed by atoms with Gasteiger partial charge < -0.3 is 15.2 Å². The number of carbonyl (C=O) groups excluding carboxylic acids is 1. The number of thiophene rings is 1. The molecule has 0 radical (unpaired) electrons. The summed E-state index contributed by atoms with van der Waals surface area (Å²) in [6.07, 6.45) is 3.87. The summed E-state index contributed by atoms with van der Waals surface area (Å²) >= 11 is 1.32. The molecule has 2 N–H and O–H groups in total. The van der Waals surface area contributed by atoms with Crippen molar-refractivity contribution >= 4 is 28.2 Å². The van der Waals surface area contributed by atoms with Crippen molar-refractivity contribution < 1.29 is 19.4 Å². The molecule has 0 bridgehead atoms. The van der Waals surface area contributed by atoms with Gasteiger partial charge in [-0.15, -0.1) is 11.3 Å². The molecule has 2 rings (SSSR count). The van der Waals surface area contributed by atoms with Crippen LogP contribution in [-0.2, 0) is 16.0 Å². The Kier molecular flexibility index (Phi) is 4.45. The van der Waals surface area contributed by atoms with Crippen LogP contribution in [0.15, 0.2) is 6.07 Å². The first-order valence-corrected chi connectivity index (χ1v) is 7.52. The van der Waals surface area contributed by atoms with E-state index in [-0.39, 0.29) is 23.5 Å². The SMILES string of the molecule is CCc1cc(C(=O)O)c(NC(=O)CC2(OC)CCC2)s1. The summed E-state index contributed by atoms with van der Waals surface area (Å²) in [4.78, 5) is 24.2. The molecule has 0 unspecified atom stereocenters. The first-order chi connectivity index (χ1) is 9.49. The maximum Gasteiger partial charge on any atom is 0.338 e. The highest BCUT2D eigenvalue weighted by Gasteiger charge is 2.39. The van der Waals surface area contributed by atoms with Gasteiger partial charge in [-0.1, -0.05) is 6.92 Å². The number of ether oxygens (including phenoxy) is 1. The normalized spacial score (nSPS) is 16.5. The second kappa shape index (κ2) is 5.93. The summed E-state index contributed by atoms with van der Waals surface area (Å²) in [6.45, 7) is 1.96. The molecule has 1 aliphatic rings. The number of methoxy groups -OCH3 is 1. The van der Waals surface area contributed by atoms with E-state index in [2.05, 4.69) is 5.32 Å². The Labute approximate surface area is 121 Å². The molecular weight excluding hydrogens is 278 g/mol. The first kappa shape index (κ1) is 15.0. The summed E-state index contributed by atoms with van der Waals surface area (Å²) in [6, 6.07) is 1.62. The van der Waals surface area contributed by atoms with Crippen molar-refractivity contribution in [1.82, 2.24) is 0 Å². The van der Waals surface area contributed by atoms with E-state index in [1.54, 1.807) is 13.2 Å². The van der Waals surface area contributed by atoms with E-state index in [0.717, 1.165) is 30.6 Å². The summed E-state index contributed by atoms with van der Waals surface area (Å²) in [7, 11) is 1.62. The van der Waals surface area contributed by atoms with Crippen LogP contribution in [0.25, 0.3) is 0 Å². The van der Waals surface area contributed by atoms with Gasteiger partial charge in [0.1, 0.15) is 5.00 Å². The molecule has 0 atom stereocenters. The lowest BCUT2D eigenvalue weighted by atomic mass is 9.77. The first-order valence-electron chi connectivity index (χ1n) is 6.70. The molecule has 1 aromatic rings. The maximum absolute atomic E-state index is 12.1. The smallest absolute Gasteiger partial charge is 0.338 e. The minimum absolute atomic E-state index is 0.167. The van der Waals surface area contributed by atoms with E-state index in [1.807, 2.05) is 6.92 Å². The lowest BCUT2D eigenvalue weighted by Gasteiger charge is -2.39. The van der Waals surface area contributed by atoms with Gasteiger partial charge in [-0.2, -0.15) is 0 Å². The Hall–Kier alpha value is -1.40. The average Bonchev–Trinajstić information content (AvgIpc) is 2.77. The number of hydrogen-bond acceptors (Lipinski definition) is 4. The summed E-state index contributed by atoms with van der Waals surface area (Å²) in [5.74, 6) is -1.19. The van der Waals surface area contributed by atoms with E-state index >= 15 is 0 Å². The van der Waals surface area contributed by atoms with Crippen molar-refractivity contribution in [2.45, 2.75) is 44.6 Å². The Balaban J connectivity index is 2.07. The third-order valence-corrected chi connectivity index (χ3v) is 4.99. The molecule has 110 valence electrons. The van der Waals surface area contributed by atoms with E-state index in [1.165, 1.54) is 11.3 Å².